The molecule has 0 spiro atoms. The summed E-state index contributed by atoms with van der Waals surface area (Å²) < 4.78 is 5.30. The summed E-state index contributed by atoms with van der Waals surface area (Å²) in [6.07, 6.45) is 1.71. The van der Waals surface area contributed by atoms with E-state index in [0.29, 0.717) is 25.8 Å². The number of methoxy groups -OCH3 is 1. The zero-order valence-corrected chi connectivity index (χ0v) is 13.6. The minimum Gasteiger partial charge on any atom is -0.380 e. The van der Waals surface area contributed by atoms with Crippen LogP contribution >= 0.6 is 0 Å². The Morgan fingerprint density at radius 3 is 2.15 bits per heavy atom. The van der Waals surface area contributed by atoms with Gasteiger partial charge in [-0.25, -0.2) is 0 Å². The number of carbonyl (C=O) groups is 2. The lowest BCUT2D eigenvalue weighted by Gasteiger charge is -2.51. The molecule has 0 aliphatic carbocycles. The molecule has 20 heavy (non-hydrogen) atoms. The maximum absolute atomic E-state index is 12.9. The highest BCUT2D eigenvalue weighted by molar-refractivity contribution is 6.02. The molecule has 0 aromatic rings. The molecular formula is C15H28N2O3. The van der Waals surface area contributed by atoms with Gasteiger partial charge in [-0.3, -0.25) is 9.59 Å². The third kappa shape index (κ3) is 2.55. The second-order valence-corrected chi connectivity index (χ2v) is 5.84. The molecular weight excluding hydrogens is 256 g/mol. The highest BCUT2D eigenvalue weighted by atomic mass is 16.5. The summed E-state index contributed by atoms with van der Waals surface area (Å²) in [6.45, 7) is 9.98. The lowest BCUT2D eigenvalue weighted by Crippen LogP contribution is -2.75. The van der Waals surface area contributed by atoms with Gasteiger partial charge in [-0.15, -0.1) is 0 Å². The van der Waals surface area contributed by atoms with E-state index in [9.17, 15) is 9.59 Å². The van der Waals surface area contributed by atoms with Crippen LogP contribution < -0.4 is 5.32 Å². The van der Waals surface area contributed by atoms with Crippen LogP contribution in [0.2, 0.25) is 0 Å². The largest absolute Gasteiger partial charge is 0.380 e. The smallest absolute Gasteiger partial charge is 0.249 e. The van der Waals surface area contributed by atoms with Gasteiger partial charge in [-0.2, -0.15) is 0 Å². The molecule has 1 aliphatic heterocycles. The first kappa shape index (κ1) is 17.0. The monoisotopic (exact) mass is 284 g/mol. The predicted molar refractivity (Wildman–Crippen MR) is 78.3 cm³/mol. The van der Waals surface area contributed by atoms with Gasteiger partial charge in [0.15, 0.2) is 0 Å². The second-order valence-electron chi connectivity index (χ2n) is 5.84. The average Bonchev–Trinajstić information content (AvgIpc) is 2.45. The molecule has 2 unspecified atom stereocenters. The summed E-state index contributed by atoms with van der Waals surface area (Å²) in [4.78, 5) is 27.2. The van der Waals surface area contributed by atoms with Gasteiger partial charge >= 0.3 is 0 Å². The van der Waals surface area contributed by atoms with Crippen molar-refractivity contribution < 1.29 is 14.3 Å². The van der Waals surface area contributed by atoms with E-state index in [1.54, 1.807) is 18.9 Å². The van der Waals surface area contributed by atoms with Crippen LogP contribution in [0.1, 0.15) is 53.9 Å². The fourth-order valence-corrected chi connectivity index (χ4v) is 2.82. The maximum Gasteiger partial charge on any atom is 0.249 e. The highest BCUT2D eigenvalue weighted by Crippen LogP contribution is 2.33. The fourth-order valence-electron chi connectivity index (χ4n) is 2.82. The molecule has 5 nitrogen and oxygen atoms in total. The summed E-state index contributed by atoms with van der Waals surface area (Å²) in [5.74, 6) is -0.0537. The Balaban J connectivity index is 3.24. The van der Waals surface area contributed by atoms with Crippen molar-refractivity contribution in [3.8, 4) is 0 Å². The number of nitrogens with zero attached hydrogens (tertiary/aromatic N) is 1. The molecule has 2 amide bonds. The molecule has 5 heteroatoms. The average molecular weight is 284 g/mol. The SMILES string of the molecule is CCC1(C)NC(=O)C(CC)(CC)N(CC(C)OC)C1=O. The van der Waals surface area contributed by atoms with Crippen molar-refractivity contribution in [3.63, 3.8) is 0 Å². The van der Waals surface area contributed by atoms with Crippen molar-refractivity contribution in [1.82, 2.24) is 10.2 Å². The first-order chi connectivity index (χ1) is 9.31. The van der Waals surface area contributed by atoms with Gasteiger partial charge in [0.05, 0.1) is 6.10 Å². The normalized spacial score (nSPS) is 27.4. The summed E-state index contributed by atoms with van der Waals surface area (Å²) >= 11 is 0. The van der Waals surface area contributed by atoms with Crippen LogP contribution in [0.5, 0.6) is 0 Å². The lowest BCUT2D eigenvalue weighted by molar-refractivity contribution is -0.165. The molecule has 0 aromatic carbocycles. The van der Waals surface area contributed by atoms with E-state index in [2.05, 4.69) is 5.32 Å². The van der Waals surface area contributed by atoms with Gasteiger partial charge in [0, 0.05) is 13.7 Å². The first-order valence-electron chi connectivity index (χ1n) is 7.48. The van der Waals surface area contributed by atoms with Crippen LogP contribution in [0, 0.1) is 0 Å². The van der Waals surface area contributed by atoms with Gasteiger partial charge in [-0.05, 0) is 33.1 Å². The second kappa shape index (κ2) is 6.12. The van der Waals surface area contributed by atoms with Crippen LogP contribution in [0.25, 0.3) is 0 Å². The maximum atomic E-state index is 12.9. The number of ether oxygens (including phenoxy) is 1. The fraction of sp³-hybridized carbons (Fsp3) is 0.867. The molecule has 0 aromatic heterocycles. The Morgan fingerprint density at radius 2 is 1.75 bits per heavy atom. The Labute approximate surface area is 122 Å². The van der Waals surface area contributed by atoms with Crippen molar-refractivity contribution in [1.29, 1.82) is 0 Å². The van der Waals surface area contributed by atoms with E-state index < -0.39 is 11.1 Å². The first-order valence-corrected chi connectivity index (χ1v) is 7.48. The third-order valence-electron chi connectivity index (χ3n) is 4.76. The van der Waals surface area contributed by atoms with Crippen molar-refractivity contribution in [3.05, 3.63) is 0 Å². The van der Waals surface area contributed by atoms with Gasteiger partial charge in [0.2, 0.25) is 11.8 Å². The van der Waals surface area contributed by atoms with E-state index in [1.165, 1.54) is 0 Å². The number of hydrogen-bond donors (Lipinski definition) is 1. The zero-order valence-electron chi connectivity index (χ0n) is 13.6. The summed E-state index contributed by atoms with van der Waals surface area (Å²) in [5.41, 5.74) is -1.56. The molecule has 2 atom stereocenters. The van der Waals surface area contributed by atoms with Crippen LogP contribution in [0.15, 0.2) is 0 Å². The standard InChI is InChI=1S/C15H28N2O3/c1-7-14(5)13(19)17(10-11(4)20-6)15(8-2,9-3)12(18)16-14/h11H,7-10H2,1-6H3,(H,16,18). The number of amides is 2. The van der Waals surface area contributed by atoms with Gasteiger partial charge < -0.3 is 15.0 Å². The number of nitrogens with one attached hydrogen (secondary N) is 1. The highest BCUT2D eigenvalue weighted by Gasteiger charge is 2.54. The predicted octanol–water partition coefficient (Wildman–Crippen LogP) is 1.71. The Kier molecular flexibility index (Phi) is 5.19. The zero-order chi connectivity index (χ0) is 15.6. The molecule has 1 rings (SSSR count). The minimum atomic E-state index is -0.807. The van der Waals surface area contributed by atoms with E-state index in [-0.39, 0.29) is 17.9 Å². The van der Waals surface area contributed by atoms with E-state index in [1.807, 2.05) is 27.7 Å². The lowest BCUT2D eigenvalue weighted by atomic mass is 9.81. The summed E-state index contributed by atoms with van der Waals surface area (Å²) in [5, 5.41) is 2.94. The van der Waals surface area contributed by atoms with Crippen LogP contribution in [-0.4, -0.2) is 47.6 Å². The van der Waals surface area contributed by atoms with Gasteiger partial charge in [0.25, 0.3) is 0 Å². The number of rotatable bonds is 6. The number of piperazine rings is 1. The number of carbonyl (C=O) groups excluding carboxylic acids is 2. The Bertz CT molecular complexity index is 379. The molecule has 1 saturated heterocycles. The molecule has 1 heterocycles. The topological polar surface area (TPSA) is 58.6 Å². The van der Waals surface area contributed by atoms with Crippen molar-refractivity contribution in [2.75, 3.05) is 13.7 Å². The van der Waals surface area contributed by atoms with E-state index in [4.69, 9.17) is 4.74 Å². The molecule has 0 radical (unpaired) electrons. The van der Waals surface area contributed by atoms with Gasteiger partial charge in [0.1, 0.15) is 11.1 Å². The molecule has 116 valence electrons. The van der Waals surface area contributed by atoms with Crippen LogP contribution in [0.4, 0.5) is 0 Å². The Hall–Kier alpha value is -1.10. The van der Waals surface area contributed by atoms with Crippen molar-refractivity contribution in [2.24, 2.45) is 0 Å². The number of hydrogen-bond acceptors (Lipinski definition) is 3. The quantitative estimate of drug-likeness (QED) is 0.808. The van der Waals surface area contributed by atoms with Crippen LogP contribution in [-0.2, 0) is 14.3 Å². The van der Waals surface area contributed by atoms with Crippen LogP contribution in [0.3, 0.4) is 0 Å². The summed E-state index contributed by atoms with van der Waals surface area (Å²) in [6, 6.07) is 0. The summed E-state index contributed by atoms with van der Waals surface area (Å²) in [7, 11) is 1.62. The Morgan fingerprint density at radius 1 is 1.20 bits per heavy atom. The van der Waals surface area contributed by atoms with Crippen molar-refractivity contribution in [2.45, 2.75) is 71.1 Å². The third-order valence-corrected chi connectivity index (χ3v) is 4.76. The van der Waals surface area contributed by atoms with Crippen molar-refractivity contribution >= 4 is 11.8 Å². The molecule has 1 fully saturated rings. The minimum absolute atomic E-state index is 0.00722. The van der Waals surface area contributed by atoms with E-state index in [0.717, 1.165) is 0 Å². The van der Waals surface area contributed by atoms with E-state index >= 15 is 0 Å². The molecule has 0 bridgehead atoms. The van der Waals surface area contributed by atoms with Gasteiger partial charge in [-0.1, -0.05) is 20.8 Å². The molecule has 1 aliphatic rings. The molecule has 0 saturated carbocycles. The molecule has 1 N–H and O–H groups in total.